The maximum Gasteiger partial charge on any atom is 0.573 e. The van der Waals surface area contributed by atoms with Gasteiger partial charge in [-0.2, -0.15) is 5.10 Å². The fraction of sp³-hybridized carbons (Fsp3) is 0.0435. The summed E-state index contributed by atoms with van der Waals surface area (Å²) in [6.07, 6.45) is -1.88. The van der Waals surface area contributed by atoms with Crippen LogP contribution >= 0.6 is 12.2 Å². The zero-order valence-corrected chi connectivity index (χ0v) is 18.8. The van der Waals surface area contributed by atoms with Crippen LogP contribution in [-0.2, 0) is 0 Å². The third kappa shape index (κ3) is 6.39. The number of alkyl halides is 3. The molecule has 0 aliphatic carbocycles. The quantitative estimate of drug-likeness (QED) is 0.153. The zero-order valence-electron chi connectivity index (χ0n) is 18.0. The van der Waals surface area contributed by atoms with Crippen molar-refractivity contribution in [2.45, 2.75) is 6.36 Å². The molecule has 4 rings (SSSR count). The van der Waals surface area contributed by atoms with Crippen LogP contribution in [0.2, 0.25) is 0 Å². The topological polar surface area (TPSA) is 76.4 Å². The lowest BCUT2D eigenvalue weighted by Gasteiger charge is -2.09. The average Bonchev–Trinajstić information content (AvgIpc) is 3.32. The summed E-state index contributed by atoms with van der Waals surface area (Å²) in [6, 6.07) is 15.6. The van der Waals surface area contributed by atoms with E-state index < -0.39 is 18.0 Å². The Labute approximate surface area is 206 Å². The number of hydrazone groups is 1. The first kappa shape index (κ1) is 24.7. The summed E-state index contributed by atoms with van der Waals surface area (Å²) in [5.41, 5.74) is 3.96. The van der Waals surface area contributed by atoms with Crippen molar-refractivity contribution < 1.29 is 26.7 Å². The van der Waals surface area contributed by atoms with Crippen molar-refractivity contribution >= 4 is 29.2 Å². The molecule has 4 aromatic rings. The summed E-state index contributed by atoms with van der Waals surface area (Å²) in [4.78, 5) is 4.22. The smallest absolute Gasteiger partial charge is 0.406 e. The molecule has 0 atom stereocenters. The Balaban J connectivity index is 1.36. The number of anilines is 1. The lowest BCUT2D eigenvalue weighted by molar-refractivity contribution is -0.274. The number of nitrogens with zero attached hydrogens (tertiary/aromatic N) is 4. The normalized spacial score (nSPS) is 11.5. The van der Waals surface area contributed by atoms with Gasteiger partial charge < -0.3 is 10.1 Å². The van der Waals surface area contributed by atoms with Gasteiger partial charge in [0, 0.05) is 5.56 Å². The number of thiocarbonyl (C=S) groups is 1. The summed E-state index contributed by atoms with van der Waals surface area (Å²) in [7, 11) is 0. The third-order valence-electron chi connectivity index (χ3n) is 4.58. The number of hydrogen-bond donors (Lipinski definition) is 2. The molecule has 1 aromatic heterocycles. The molecule has 0 spiro atoms. The number of aromatic nitrogens is 3. The van der Waals surface area contributed by atoms with Crippen LogP contribution in [0.4, 0.5) is 27.6 Å². The van der Waals surface area contributed by atoms with Crippen LogP contribution < -0.4 is 15.5 Å². The highest BCUT2D eigenvalue weighted by Gasteiger charge is 2.31. The van der Waals surface area contributed by atoms with E-state index in [-0.39, 0.29) is 16.5 Å². The van der Waals surface area contributed by atoms with E-state index in [1.54, 1.807) is 24.3 Å². The number of para-hydroxylation sites is 1. The first-order chi connectivity index (χ1) is 17.2. The van der Waals surface area contributed by atoms with Crippen molar-refractivity contribution in [3.8, 4) is 22.8 Å². The Kier molecular flexibility index (Phi) is 7.20. The molecule has 36 heavy (non-hydrogen) atoms. The second-order valence-corrected chi connectivity index (χ2v) is 7.51. The standard InChI is InChI=1S/C23H15F5N6OS/c24-18-2-1-3-19(25)20(18)31-22(36)32-30-12-14-4-6-15(7-5-14)21-29-13-34(33-21)16-8-10-17(11-9-16)35-23(26,27)28/h1-13H,(H2,31,32,36)/b30-12-. The number of rotatable bonds is 6. The molecular formula is C23H15F5N6OS. The summed E-state index contributed by atoms with van der Waals surface area (Å²) in [6.45, 7) is 0. The second kappa shape index (κ2) is 10.5. The van der Waals surface area contributed by atoms with Crippen molar-refractivity contribution in [1.82, 2.24) is 20.2 Å². The Hall–Kier alpha value is -4.39. The fourth-order valence-electron chi connectivity index (χ4n) is 2.96. The molecule has 0 saturated carbocycles. The van der Waals surface area contributed by atoms with E-state index in [0.29, 0.717) is 22.6 Å². The van der Waals surface area contributed by atoms with Gasteiger partial charge in [0.25, 0.3) is 0 Å². The van der Waals surface area contributed by atoms with Crippen molar-refractivity contribution in [1.29, 1.82) is 0 Å². The van der Waals surface area contributed by atoms with E-state index in [2.05, 4.69) is 30.7 Å². The first-order valence-electron chi connectivity index (χ1n) is 10.1. The van der Waals surface area contributed by atoms with E-state index in [0.717, 1.165) is 12.1 Å². The Morgan fingerprint density at radius 1 is 0.972 bits per heavy atom. The van der Waals surface area contributed by atoms with Gasteiger partial charge in [-0.1, -0.05) is 30.3 Å². The summed E-state index contributed by atoms with van der Waals surface area (Å²) < 4.78 is 69.5. The minimum Gasteiger partial charge on any atom is -0.406 e. The highest BCUT2D eigenvalue weighted by molar-refractivity contribution is 7.80. The van der Waals surface area contributed by atoms with Gasteiger partial charge in [0.2, 0.25) is 0 Å². The zero-order chi connectivity index (χ0) is 25.7. The Bertz CT molecular complexity index is 1370. The number of ether oxygens (including phenoxy) is 1. The molecule has 0 aliphatic heterocycles. The number of nitrogens with one attached hydrogen (secondary N) is 2. The molecule has 0 amide bonds. The summed E-state index contributed by atoms with van der Waals surface area (Å²) in [5, 5.41) is 10.6. The third-order valence-corrected chi connectivity index (χ3v) is 4.77. The van der Waals surface area contributed by atoms with Crippen molar-refractivity contribution in [2.75, 3.05) is 5.32 Å². The van der Waals surface area contributed by atoms with E-state index in [1.807, 2.05) is 0 Å². The molecule has 0 aliphatic rings. The first-order valence-corrected chi connectivity index (χ1v) is 10.5. The molecule has 13 heteroatoms. The molecule has 7 nitrogen and oxygen atoms in total. The molecule has 0 unspecified atom stereocenters. The van der Waals surface area contributed by atoms with Crippen LogP contribution in [0.5, 0.6) is 5.75 Å². The predicted molar refractivity (Wildman–Crippen MR) is 127 cm³/mol. The number of benzene rings is 3. The van der Waals surface area contributed by atoms with Crippen molar-refractivity contribution in [3.63, 3.8) is 0 Å². The van der Waals surface area contributed by atoms with Gasteiger partial charge in [0.05, 0.1) is 11.9 Å². The molecule has 1 heterocycles. The van der Waals surface area contributed by atoms with Crippen molar-refractivity contribution in [3.05, 3.63) is 90.3 Å². The van der Waals surface area contributed by atoms with E-state index >= 15 is 0 Å². The molecule has 0 fully saturated rings. The number of hydrogen-bond acceptors (Lipinski definition) is 5. The van der Waals surface area contributed by atoms with Crippen LogP contribution in [0.15, 0.2) is 78.2 Å². The van der Waals surface area contributed by atoms with Crippen LogP contribution in [0.1, 0.15) is 5.56 Å². The van der Waals surface area contributed by atoms with Gasteiger partial charge >= 0.3 is 6.36 Å². The summed E-state index contributed by atoms with van der Waals surface area (Å²) >= 11 is 4.98. The highest BCUT2D eigenvalue weighted by atomic mass is 32.1. The SMILES string of the molecule is Fc1cccc(F)c1NC(=S)N/N=C\c1ccc(-c2ncn(-c3ccc(OC(F)(F)F)cc3)n2)cc1. The second-order valence-electron chi connectivity index (χ2n) is 7.10. The maximum absolute atomic E-state index is 13.7. The van der Waals surface area contributed by atoms with E-state index in [1.165, 1.54) is 47.6 Å². The number of halogens is 5. The Morgan fingerprint density at radius 3 is 2.28 bits per heavy atom. The van der Waals surface area contributed by atoms with Gasteiger partial charge in [-0.05, 0) is 54.2 Å². The van der Waals surface area contributed by atoms with Crippen LogP contribution in [-0.4, -0.2) is 32.5 Å². The van der Waals surface area contributed by atoms with Crippen LogP contribution in [0, 0.1) is 11.6 Å². The predicted octanol–water partition coefficient (Wildman–Crippen LogP) is 5.43. The van der Waals surface area contributed by atoms with Crippen LogP contribution in [0.25, 0.3) is 17.1 Å². The highest BCUT2D eigenvalue weighted by Crippen LogP contribution is 2.24. The monoisotopic (exact) mass is 518 g/mol. The molecular weight excluding hydrogens is 503 g/mol. The minimum absolute atomic E-state index is 0.0976. The van der Waals surface area contributed by atoms with Gasteiger partial charge in [0.1, 0.15) is 29.4 Å². The molecule has 0 bridgehead atoms. The lowest BCUT2D eigenvalue weighted by atomic mass is 10.1. The molecule has 184 valence electrons. The molecule has 2 N–H and O–H groups in total. The maximum atomic E-state index is 13.7. The summed E-state index contributed by atoms with van der Waals surface area (Å²) in [5.74, 6) is -1.52. The van der Waals surface area contributed by atoms with Crippen molar-refractivity contribution in [2.24, 2.45) is 5.10 Å². The van der Waals surface area contributed by atoms with Gasteiger partial charge in [0.15, 0.2) is 10.9 Å². The molecule has 3 aromatic carbocycles. The van der Waals surface area contributed by atoms with Gasteiger partial charge in [-0.25, -0.2) is 18.4 Å². The average molecular weight is 518 g/mol. The van der Waals surface area contributed by atoms with Crippen LogP contribution in [0.3, 0.4) is 0 Å². The van der Waals surface area contributed by atoms with E-state index in [4.69, 9.17) is 12.2 Å². The largest absolute Gasteiger partial charge is 0.573 e. The van der Waals surface area contributed by atoms with Gasteiger partial charge in [-0.3, -0.25) is 5.43 Å². The minimum atomic E-state index is -4.77. The Morgan fingerprint density at radius 2 is 1.64 bits per heavy atom. The van der Waals surface area contributed by atoms with E-state index in [9.17, 15) is 22.0 Å². The molecule has 0 radical (unpaired) electrons. The molecule has 0 saturated heterocycles. The van der Waals surface area contributed by atoms with Gasteiger partial charge in [-0.15, -0.1) is 18.3 Å². The fourth-order valence-corrected chi connectivity index (χ4v) is 3.12. The lowest BCUT2D eigenvalue weighted by Crippen LogP contribution is -2.25.